The molecule has 0 atom stereocenters. The number of aromatic nitrogens is 1. The van der Waals surface area contributed by atoms with Gasteiger partial charge in [0, 0.05) is 34.6 Å². The van der Waals surface area contributed by atoms with Gasteiger partial charge >= 0.3 is 0 Å². The molecule has 36 heavy (non-hydrogen) atoms. The summed E-state index contributed by atoms with van der Waals surface area (Å²) in [6.07, 6.45) is 0. The Morgan fingerprint density at radius 1 is 0.778 bits per heavy atom. The van der Waals surface area contributed by atoms with E-state index >= 15 is 0 Å². The molecular formula is C31H26N2O3. The molecule has 0 radical (unpaired) electrons. The van der Waals surface area contributed by atoms with Crippen LogP contribution in [0.15, 0.2) is 108 Å². The topological polar surface area (TPSA) is 60.3 Å². The quantitative estimate of drug-likeness (QED) is 0.338. The number of hydrogen-bond acceptors (Lipinski definition) is 3. The number of nitrogens with one attached hydrogen (secondary N) is 1. The van der Waals surface area contributed by atoms with Crippen molar-refractivity contribution in [3.8, 4) is 28.0 Å². The Morgan fingerprint density at radius 2 is 1.44 bits per heavy atom. The molecule has 0 saturated carbocycles. The van der Waals surface area contributed by atoms with Crippen LogP contribution in [0.1, 0.15) is 16.1 Å². The predicted octanol–water partition coefficient (Wildman–Crippen LogP) is 5.81. The molecule has 1 aromatic heterocycles. The Kier molecular flexibility index (Phi) is 6.37. The molecule has 1 N–H and O–H groups in total. The minimum absolute atomic E-state index is 0.123. The van der Waals surface area contributed by atoms with Gasteiger partial charge in [-0.15, -0.1) is 0 Å². The number of pyridine rings is 1. The molecule has 0 aliphatic rings. The standard InChI is InChI=1S/C31H26N2O3/c1-33-28(20-32-30(34)24-15-9-14-23(18-24)21-10-5-3-6-11-21)29(22-12-7-4-8-13-22)27-19-25(36-2)16-17-26(27)31(33)35/h3-19H,20H2,1-2H3,(H,32,34). The summed E-state index contributed by atoms with van der Waals surface area (Å²) in [5.74, 6) is 0.464. The Labute approximate surface area is 209 Å². The summed E-state index contributed by atoms with van der Waals surface area (Å²) < 4.78 is 7.07. The monoisotopic (exact) mass is 474 g/mol. The lowest BCUT2D eigenvalue weighted by molar-refractivity contribution is 0.0950. The maximum atomic E-state index is 13.3. The van der Waals surface area contributed by atoms with E-state index < -0.39 is 0 Å². The number of benzene rings is 4. The summed E-state index contributed by atoms with van der Waals surface area (Å²) >= 11 is 0. The molecule has 5 rings (SSSR count). The molecule has 1 amide bonds. The molecule has 5 heteroatoms. The molecule has 4 aromatic carbocycles. The lowest BCUT2D eigenvalue weighted by atomic mass is 9.96. The van der Waals surface area contributed by atoms with E-state index in [1.807, 2.05) is 84.9 Å². The van der Waals surface area contributed by atoms with Crippen LogP contribution in [0.5, 0.6) is 5.75 Å². The van der Waals surface area contributed by atoms with E-state index in [9.17, 15) is 9.59 Å². The van der Waals surface area contributed by atoms with Gasteiger partial charge in [-0.1, -0.05) is 72.8 Å². The third-order valence-electron chi connectivity index (χ3n) is 6.44. The van der Waals surface area contributed by atoms with Crippen molar-refractivity contribution in [1.29, 1.82) is 0 Å². The number of carbonyl (C=O) groups excluding carboxylic acids is 1. The zero-order chi connectivity index (χ0) is 25.1. The summed E-state index contributed by atoms with van der Waals surface area (Å²) in [6.45, 7) is 0.192. The van der Waals surface area contributed by atoms with Gasteiger partial charge in [-0.2, -0.15) is 0 Å². The van der Waals surface area contributed by atoms with Crippen LogP contribution in [0.3, 0.4) is 0 Å². The third kappa shape index (κ3) is 4.39. The highest BCUT2D eigenvalue weighted by atomic mass is 16.5. The fraction of sp³-hybridized carbons (Fsp3) is 0.0968. The van der Waals surface area contributed by atoms with Gasteiger partial charge in [0.25, 0.3) is 11.5 Å². The number of carbonyl (C=O) groups is 1. The third-order valence-corrected chi connectivity index (χ3v) is 6.44. The van der Waals surface area contributed by atoms with Crippen LogP contribution in [0.2, 0.25) is 0 Å². The van der Waals surface area contributed by atoms with E-state index in [0.29, 0.717) is 16.7 Å². The first-order valence-corrected chi connectivity index (χ1v) is 11.8. The van der Waals surface area contributed by atoms with Crippen molar-refractivity contribution < 1.29 is 9.53 Å². The second kappa shape index (κ2) is 9.92. The van der Waals surface area contributed by atoms with Crippen molar-refractivity contribution in [3.63, 3.8) is 0 Å². The van der Waals surface area contributed by atoms with Crippen molar-refractivity contribution in [2.24, 2.45) is 7.05 Å². The molecule has 0 fully saturated rings. The Balaban J connectivity index is 1.55. The van der Waals surface area contributed by atoms with Gasteiger partial charge in [-0.05, 0) is 47.0 Å². The van der Waals surface area contributed by atoms with Crippen LogP contribution >= 0.6 is 0 Å². The normalized spacial score (nSPS) is 10.8. The van der Waals surface area contributed by atoms with Crippen molar-refractivity contribution in [1.82, 2.24) is 9.88 Å². The highest BCUT2D eigenvalue weighted by molar-refractivity contribution is 5.99. The van der Waals surface area contributed by atoms with E-state index in [-0.39, 0.29) is 18.0 Å². The first-order chi connectivity index (χ1) is 17.6. The summed E-state index contributed by atoms with van der Waals surface area (Å²) in [7, 11) is 3.35. The minimum atomic E-state index is -0.204. The summed E-state index contributed by atoms with van der Waals surface area (Å²) in [6, 6.07) is 32.9. The smallest absolute Gasteiger partial charge is 0.258 e. The van der Waals surface area contributed by atoms with Gasteiger partial charge in [0.2, 0.25) is 0 Å². The minimum Gasteiger partial charge on any atom is -0.497 e. The van der Waals surface area contributed by atoms with Crippen LogP contribution < -0.4 is 15.6 Å². The number of nitrogens with zero attached hydrogens (tertiary/aromatic N) is 1. The van der Waals surface area contributed by atoms with Crippen LogP contribution in [0.25, 0.3) is 33.0 Å². The van der Waals surface area contributed by atoms with Crippen LogP contribution in [-0.2, 0) is 13.6 Å². The number of hydrogen-bond donors (Lipinski definition) is 1. The van der Waals surface area contributed by atoms with Gasteiger partial charge in [-0.25, -0.2) is 0 Å². The Bertz CT molecular complexity index is 1610. The van der Waals surface area contributed by atoms with E-state index in [1.165, 1.54) is 0 Å². The fourth-order valence-electron chi connectivity index (χ4n) is 4.54. The lowest BCUT2D eigenvalue weighted by Crippen LogP contribution is -2.29. The van der Waals surface area contributed by atoms with E-state index in [1.54, 1.807) is 36.9 Å². The fourth-order valence-corrected chi connectivity index (χ4v) is 4.54. The van der Waals surface area contributed by atoms with Crippen LogP contribution in [0.4, 0.5) is 0 Å². The number of rotatable bonds is 6. The zero-order valence-corrected chi connectivity index (χ0v) is 20.2. The molecule has 5 nitrogen and oxygen atoms in total. The largest absolute Gasteiger partial charge is 0.497 e. The van der Waals surface area contributed by atoms with E-state index in [4.69, 9.17) is 4.74 Å². The van der Waals surface area contributed by atoms with Crippen molar-refractivity contribution >= 4 is 16.7 Å². The second-order valence-electron chi connectivity index (χ2n) is 8.59. The van der Waals surface area contributed by atoms with E-state index in [0.717, 1.165) is 33.3 Å². The maximum Gasteiger partial charge on any atom is 0.258 e. The predicted molar refractivity (Wildman–Crippen MR) is 144 cm³/mol. The highest BCUT2D eigenvalue weighted by Crippen LogP contribution is 2.32. The Morgan fingerprint density at radius 3 is 2.14 bits per heavy atom. The average molecular weight is 475 g/mol. The van der Waals surface area contributed by atoms with Gasteiger partial charge in [0.05, 0.1) is 13.7 Å². The average Bonchev–Trinajstić information content (AvgIpc) is 2.94. The number of methoxy groups -OCH3 is 1. The van der Waals surface area contributed by atoms with Crippen molar-refractivity contribution in [2.75, 3.05) is 7.11 Å². The maximum absolute atomic E-state index is 13.3. The van der Waals surface area contributed by atoms with Gasteiger partial charge in [-0.3, -0.25) is 9.59 Å². The Hall–Kier alpha value is -4.64. The highest BCUT2D eigenvalue weighted by Gasteiger charge is 2.18. The molecule has 0 bridgehead atoms. The van der Waals surface area contributed by atoms with Gasteiger partial charge in [0.15, 0.2) is 0 Å². The molecule has 0 aliphatic heterocycles. The molecule has 0 saturated heterocycles. The van der Waals surface area contributed by atoms with Crippen LogP contribution in [-0.4, -0.2) is 17.6 Å². The number of fused-ring (bicyclic) bond motifs is 1. The summed E-state index contributed by atoms with van der Waals surface area (Å²) in [4.78, 5) is 26.4. The summed E-state index contributed by atoms with van der Waals surface area (Å²) in [5, 5.41) is 4.43. The van der Waals surface area contributed by atoms with Gasteiger partial charge in [0.1, 0.15) is 5.75 Å². The van der Waals surface area contributed by atoms with Crippen LogP contribution in [0, 0.1) is 0 Å². The van der Waals surface area contributed by atoms with E-state index in [2.05, 4.69) is 5.32 Å². The van der Waals surface area contributed by atoms with Gasteiger partial charge < -0.3 is 14.6 Å². The SMILES string of the molecule is COc1ccc2c(=O)n(C)c(CNC(=O)c3cccc(-c4ccccc4)c3)c(-c3ccccc3)c2c1. The molecule has 0 unspecified atom stereocenters. The first-order valence-electron chi connectivity index (χ1n) is 11.8. The zero-order valence-electron chi connectivity index (χ0n) is 20.2. The first kappa shape index (κ1) is 23.1. The molecule has 1 heterocycles. The van der Waals surface area contributed by atoms with Crippen molar-refractivity contribution in [3.05, 3.63) is 125 Å². The number of amides is 1. The molecule has 0 aliphatic carbocycles. The summed E-state index contributed by atoms with van der Waals surface area (Å²) in [5.41, 5.74) is 5.03. The molecular weight excluding hydrogens is 448 g/mol. The molecule has 5 aromatic rings. The molecule has 178 valence electrons. The molecule has 0 spiro atoms. The lowest BCUT2D eigenvalue weighted by Gasteiger charge is -2.19. The van der Waals surface area contributed by atoms with Crippen molar-refractivity contribution in [2.45, 2.75) is 6.54 Å². The number of ether oxygens (including phenoxy) is 1. The second-order valence-corrected chi connectivity index (χ2v) is 8.59.